The first-order valence-electron chi connectivity index (χ1n) is 9.33. The van der Waals surface area contributed by atoms with Crippen LogP contribution in [0.4, 0.5) is 5.69 Å². The third kappa shape index (κ3) is 8.03. The maximum absolute atomic E-state index is 11.9. The Kier molecular flexibility index (Phi) is 8.64. The summed E-state index contributed by atoms with van der Waals surface area (Å²) >= 11 is 1.16. The minimum atomic E-state index is -0.491. The van der Waals surface area contributed by atoms with Crippen LogP contribution in [0.5, 0.6) is 0 Å². The molecule has 6 nitrogen and oxygen atoms in total. The van der Waals surface area contributed by atoms with Crippen molar-refractivity contribution in [2.75, 3.05) is 23.4 Å². The molecular weight excluding hydrogens is 364 g/mol. The highest BCUT2D eigenvalue weighted by atomic mass is 32.2. The fraction of sp³-hybridized carbons (Fsp3) is 0.550. The number of thioether (sulfide) groups is 1. The molecule has 2 amide bonds. The molecule has 1 aliphatic rings. The Morgan fingerprint density at radius 3 is 2.67 bits per heavy atom. The van der Waals surface area contributed by atoms with Gasteiger partial charge in [0.2, 0.25) is 5.91 Å². The maximum Gasteiger partial charge on any atom is 0.316 e. The van der Waals surface area contributed by atoms with Crippen LogP contribution < -0.4 is 10.6 Å². The minimum absolute atomic E-state index is 0.0361. The van der Waals surface area contributed by atoms with Gasteiger partial charge in [-0.3, -0.25) is 14.4 Å². The number of carbonyl (C=O) groups is 3. The lowest BCUT2D eigenvalue weighted by Crippen LogP contribution is -2.43. The monoisotopic (exact) mass is 392 g/mol. The standard InChI is InChI=1S/C20H28N2O4S/c1-14-6-5-8-16(10-14)21-19(24)12-27-13-20(25)26-11-18(23)22-17-9-4-3-7-15(17)2/h5-6,8,10,15,17H,3-4,7,9,11-13H2,1-2H3,(H,21,24)(H,22,23)/t15-,17+/m0/s1. The fourth-order valence-corrected chi connectivity index (χ4v) is 3.72. The quantitative estimate of drug-likeness (QED) is 0.665. The molecule has 0 spiro atoms. The van der Waals surface area contributed by atoms with Gasteiger partial charge in [0.15, 0.2) is 6.61 Å². The fourth-order valence-electron chi connectivity index (χ4n) is 3.11. The van der Waals surface area contributed by atoms with E-state index in [0.29, 0.717) is 5.92 Å². The number of carbonyl (C=O) groups excluding carboxylic acids is 3. The van der Waals surface area contributed by atoms with E-state index in [4.69, 9.17) is 4.74 Å². The summed E-state index contributed by atoms with van der Waals surface area (Å²) in [6.07, 6.45) is 4.42. The molecular formula is C20H28N2O4S. The molecule has 0 aromatic heterocycles. The molecule has 2 rings (SSSR count). The summed E-state index contributed by atoms with van der Waals surface area (Å²) in [5.41, 5.74) is 1.79. The molecule has 1 aromatic rings. The molecule has 1 aliphatic carbocycles. The Morgan fingerprint density at radius 1 is 1.15 bits per heavy atom. The second-order valence-corrected chi connectivity index (χ2v) is 7.99. The number of esters is 1. The number of anilines is 1. The smallest absolute Gasteiger partial charge is 0.316 e. The van der Waals surface area contributed by atoms with Gasteiger partial charge in [-0.15, -0.1) is 11.8 Å². The van der Waals surface area contributed by atoms with Gasteiger partial charge < -0.3 is 15.4 Å². The molecule has 1 fully saturated rings. The third-order valence-electron chi connectivity index (χ3n) is 4.58. The van der Waals surface area contributed by atoms with Gasteiger partial charge >= 0.3 is 5.97 Å². The number of amides is 2. The Morgan fingerprint density at radius 2 is 1.93 bits per heavy atom. The van der Waals surface area contributed by atoms with Crippen molar-refractivity contribution in [1.82, 2.24) is 5.32 Å². The average Bonchev–Trinajstić information content (AvgIpc) is 2.62. The van der Waals surface area contributed by atoms with Crippen molar-refractivity contribution in [1.29, 1.82) is 0 Å². The van der Waals surface area contributed by atoms with Crippen LogP contribution in [-0.2, 0) is 19.1 Å². The third-order valence-corrected chi connectivity index (χ3v) is 5.48. The van der Waals surface area contributed by atoms with Crippen LogP contribution in [0.3, 0.4) is 0 Å². The lowest BCUT2D eigenvalue weighted by Gasteiger charge is -2.29. The summed E-state index contributed by atoms with van der Waals surface area (Å²) in [7, 11) is 0. The Balaban J connectivity index is 1.58. The number of aryl methyl sites for hydroxylation is 1. The molecule has 2 N–H and O–H groups in total. The molecule has 0 unspecified atom stereocenters. The SMILES string of the molecule is Cc1cccc(NC(=O)CSCC(=O)OCC(=O)N[C@@H]2CCCC[C@@H]2C)c1. The van der Waals surface area contributed by atoms with Crippen LogP contribution in [0, 0.1) is 12.8 Å². The van der Waals surface area contributed by atoms with E-state index in [1.165, 1.54) is 6.42 Å². The van der Waals surface area contributed by atoms with Crippen LogP contribution in [0.1, 0.15) is 38.2 Å². The Labute approximate surface area is 164 Å². The van der Waals surface area contributed by atoms with Gasteiger partial charge in [-0.2, -0.15) is 0 Å². The van der Waals surface area contributed by atoms with Gasteiger partial charge in [0.1, 0.15) is 0 Å². The summed E-state index contributed by atoms with van der Waals surface area (Å²) in [4.78, 5) is 35.5. The molecule has 0 heterocycles. The van der Waals surface area contributed by atoms with Crippen molar-refractivity contribution in [3.63, 3.8) is 0 Å². The molecule has 0 aliphatic heterocycles. The second kappa shape index (κ2) is 11.0. The normalized spacial score (nSPS) is 19.2. The van der Waals surface area contributed by atoms with Gasteiger partial charge in [-0.1, -0.05) is 31.9 Å². The molecule has 1 saturated carbocycles. The van der Waals surface area contributed by atoms with E-state index in [1.54, 1.807) is 0 Å². The summed E-state index contributed by atoms with van der Waals surface area (Å²) in [5.74, 6) is -0.286. The van der Waals surface area contributed by atoms with Crippen LogP contribution in [0.15, 0.2) is 24.3 Å². The zero-order valence-corrected chi connectivity index (χ0v) is 16.8. The highest BCUT2D eigenvalue weighted by Gasteiger charge is 2.23. The van der Waals surface area contributed by atoms with Crippen molar-refractivity contribution in [3.05, 3.63) is 29.8 Å². The number of ether oxygens (including phenoxy) is 1. The van der Waals surface area contributed by atoms with Crippen molar-refractivity contribution >= 4 is 35.2 Å². The molecule has 1 aromatic carbocycles. The molecule has 27 heavy (non-hydrogen) atoms. The van der Waals surface area contributed by atoms with Crippen LogP contribution in [-0.4, -0.2) is 41.9 Å². The van der Waals surface area contributed by atoms with Gasteiger partial charge in [-0.05, 0) is 43.4 Å². The van der Waals surface area contributed by atoms with Gasteiger partial charge in [0.05, 0.1) is 11.5 Å². The summed E-state index contributed by atoms with van der Waals surface area (Å²) in [6, 6.07) is 7.68. The van der Waals surface area contributed by atoms with Crippen molar-refractivity contribution < 1.29 is 19.1 Å². The Hall–Kier alpha value is -2.02. The number of hydrogen-bond donors (Lipinski definition) is 2. The topological polar surface area (TPSA) is 84.5 Å². The summed E-state index contributed by atoms with van der Waals surface area (Å²) < 4.78 is 4.99. The van der Waals surface area contributed by atoms with E-state index in [-0.39, 0.29) is 36.0 Å². The van der Waals surface area contributed by atoms with Crippen LogP contribution in [0.25, 0.3) is 0 Å². The Bertz CT molecular complexity index is 665. The highest BCUT2D eigenvalue weighted by Crippen LogP contribution is 2.23. The van der Waals surface area contributed by atoms with E-state index in [1.807, 2.05) is 31.2 Å². The number of rotatable bonds is 8. The predicted molar refractivity (Wildman–Crippen MR) is 108 cm³/mol. The van der Waals surface area contributed by atoms with Crippen LogP contribution >= 0.6 is 11.8 Å². The van der Waals surface area contributed by atoms with E-state index in [9.17, 15) is 14.4 Å². The number of hydrogen-bond acceptors (Lipinski definition) is 5. The largest absolute Gasteiger partial charge is 0.455 e. The number of benzene rings is 1. The van der Waals surface area contributed by atoms with E-state index < -0.39 is 5.97 Å². The maximum atomic E-state index is 11.9. The van der Waals surface area contributed by atoms with Gasteiger partial charge in [0, 0.05) is 11.7 Å². The second-order valence-electron chi connectivity index (χ2n) is 7.01. The first kappa shape index (κ1) is 21.3. The van der Waals surface area contributed by atoms with Crippen molar-refractivity contribution in [2.45, 2.75) is 45.6 Å². The lowest BCUT2D eigenvalue weighted by molar-refractivity contribution is -0.146. The summed E-state index contributed by atoms with van der Waals surface area (Å²) in [5, 5.41) is 5.72. The summed E-state index contributed by atoms with van der Waals surface area (Å²) in [6.45, 7) is 3.82. The van der Waals surface area contributed by atoms with Crippen molar-refractivity contribution in [2.24, 2.45) is 5.92 Å². The molecule has 2 atom stereocenters. The number of nitrogens with one attached hydrogen (secondary N) is 2. The zero-order valence-electron chi connectivity index (χ0n) is 16.0. The molecule has 148 valence electrons. The van der Waals surface area contributed by atoms with E-state index in [2.05, 4.69) is 17.6 Å². The molecule has 0 bridgehead atoms. The molecule has 7 heteroatoms. The highest BCUT2D eigenvalue weighted by molar-refractivity contribution is 8.00. The predicted octanol–water partition coefficient (Wildman–Crippen LogP) is 2.90. The minimum Gasteiger partial charge on any atom is -0.455 e. The average molecular weight is 393 g/mol. The van der Waals surface area contributed by atoms with Gasteiger partial charge in [-0.25, -0.2) is 0 Å². The van der Waals surface area contributed by atoms with Crippen LogP contribution in [0.2, 0.25) is 0 Å². The lowest BCUT2D eigenvalue weighted by atomic mass is 9.86. The molecule has 0 saturated heterocycles. The van der Waals surface area contributed by atoms with E-state index >= 15 is 0 Å². The zero-order chi connectivity index (χ0) is 19.6. The van der Waals surface area contributed by atoms with Crippen molar-refractivity contribution in [3.8, 4) is 0 Å². The van der Waals surface area contributed by atoms with Gasteiger partial charge in [0.25, 0.3) is 5.91 Å². The first-order chi connectivity index (χ1) is 12.9. The van der Waals surface area contributed by atoms with E-state index in [0.717, 1.165) is 42.3 Å². The molecule has 0 radical (unpaired) electrons. The first-order valence-corrected chi connectivity index (χ1v) is 10.5.